The number of sulfonamides is 1. The Morgan fingerprint density at radius 1 is 1.41 bits per heavy atom. The molecule has 1 unspecified atom stereocenters. The van der Waals surface area contributed by atoms with Crippen molar-refractivity contribution in [2.45, 2.75) is 32.2 Å². The Hall–Kier alpha value is -0.170. The third kappa shape index (κ3) is 6.35. The molecule has 1 saturated heterocycles. The molecule has 2 N–H and O–H groups in total. The maximum atomic E-state index is 11.8. The van der Waals surface area contributed by atoms with Crippen LogP contribution in [0.4, 0.5) is 0 Å². The summed E-state index contributed by atoms with van der Waals surface area (Å²) >= 11 is 0. The highest BCUT2D eigenvalue weighted by molar-refractivity contribution is 7.89. The Balaban J connectivity index is 2.27. The summed E-state index contributed by atoms with van der Waals surface area (Å²) in [6.07, 6.45) is 2.70. The highest BCUT2D eigenvalue weighted by Crippen LogP contribution is 2.09. The third-order valence-electron chi connectivity index (χ3n) is 2.99. The molecular weight excluding hydrogens is 238 g/mol. The van der Waals surface area contributed by atoms with E-state index in [0.29, 0.717) is 6.42 Å². The zero-order valence-corrected chi connectivity index (χ0v) is 11.7. The van der Waals surface area contributed by atoms with E-state index in [1.807, 2.05) is 14.0 Å². The van der Waals surface area contributed by atoms with Gasteiger partial charge in [0.1, 0.15) is 0 Å². The van der Waals surface area contributed by atoms with Crippen molar-refractivity contribution in [3.8, 4) is 0 Å². The van der Waals surface area contributed by atoms with Gasteiger partial charge in [0.25, 0.3) is 0 Å². The van der Waals surface area contributed by atoms with Gasteiger partial charge in [0.05, 0.1) is 5.75 Å². The Kier molecular flexibility index (Phi) is 6.40. The van der Waals surface area contributed by atoms with Crippen LogP contribution in [-0.2, 0) is 10.0 Å². The predicted octanol–water partition coefficient (Wildman–Crippen LogP) is -0.000400. The normalized spacial score (nSPS) is 22.8. The van der Waals surface area contributed by atoms with Crippen molar-refractivity contribution >= 4 is 10.0 Å². The molecule has 1 fully saturated rings. The molecule has 5 nitrogen and oxygen atoms in total. The van der Waals surface area contributed by atoms with E-state index in [-0.39, 0.29) is 11.8 Å². The Morgan fingerprint density at radius 2 is 2.18 bits per heavy atom. The van der Waals surface area contributed by atoms with Crippen LogP contribution >= 0.6 is 0 Å². The largest absolute Gasteiger partial charge is 0.317 e. The van der Waals surface area contributed by atoms with Crippen molar-refractivity contribution in [3.63, 3.8) is 0 Å². The van der Waals surface area contributed by atoms with Crippen LogP contribution in [0.25, 0.3) is 0 Å². The van der Waals surface area contributed by atoms with Crippen LogP contribution in [-0.4, -0.2) is 58.3 Å². The Bertz CT molecular complexity index is 306. The topological polar surface area (TPSA) is 61.4 Å². The van der Waals surface area contributed by atoms with Crippen LogP contribution in [0.5, 0.6) is 0 Å². The molecule has 102 valence electrons. The van der Waals surface area contributed by atoms with Gasteiger partial charge in [-0.15, -0.1) is 0 Å². The minimum absolute atomic E-state index is 0.0953. The Morgan fingerprint density at radius 3 is 2.82 bits per heavy atom. The van der Waals surface area contributed by atoms with Gasteiger partial charge in [0.2, 0.25) is 10.0 Å². The number of nitrogens with zero attached hydrogens (tertiary/aromatic N) is 1. The number of nitrogens with one attached hydrogen (secondary N) is 2. The third-order valence-corrected chi connectivity index (χ3v) is 4.51. The minimum atomic E-state index is -3.10. The fourth-order valence-corrected chi connectivity index (χ4v) is 3.48. The second kappa shape index (κ2) is 7.31. The van der Waals surface area contributed by atoms with E-state index in [1.54, 1.807) is 0 Å². The second-order valence-electron chi connectivity index (χ2n) is 4.75. The van der Waals surface area contributed by atoms with Gasteiger partial charge in [0, 0.05) is 12.6 Å². The molecule has 17 heavy (non-hydrogen) atoms. The van der Waals surface area contributed by atoms with Crippen LogP contribution in [0.15, 0.2) is 0 Å². The van der Waals surface area contributed by atoms with E-state index in [0.717, 1.165) is 39.0 Å². The quantitative estimate of drug-likeness (QED) is 0.635. The summed E-state index contributed by atoms with van der Waals surface area (Å²) in [5.74, 6) is 0.222. The van der Waals surface area contributed by atoms with Crippen molar-refractivity contribution in [1.29, 1.82) is 0 Å². The van der Waals surface area contributed by atoms with Gasteiger partial charge in [0.15, 0.2) is 0 Å². The van der Waals surface area contributed by atoms with Crippen LogP contribution in [0.2, 0.25) is 0 Å². The van der Waals surface area contributed by atoms with Gasteiger partial charge in [-0.05, 0) is 45.9 Å². The SMILES string of the molecule is CCNCCCS(=O)(=O)NC1CCCN(C)C1. The molecule has 0 aliphatic carbocycles. The van der Waals surface area contributed by atoms with E-state index in [4.69, 9.17) is 0 Å². The molecule has 1 aliphatic rings. The number of hydrogen-bond donors (Lipinski definition) is 2. The maximum absolute atomic E-state index is 11.8. The number of hydrogen-bond acceptors (Lipinski definition) is 4. The summed E-state index contributed by atoms with van der Waals surface area (Å²) in [6.45, 7) is 5.57. The standard InChI is InChI=1S/C11H25N3O2S/c1-3-12-7-5-9-17(15,16)13-11-6-4-8-14(2)10-11/h11-13H,3-10H2,1-2H3. The summed E-state index contributed by atoms with van der Waals surface area (Å²) in [7, 11) is -1.07. The lowest BCUT2D eigenvalue weighted by molar-refractivity contribution is 0.242. The molecule has 1 heterocycles. The molecule has 0 bridgehead atoms. The van der Waals surface area contributed by atoms with Crippen molar-refractivity contribution < 1.29 is 8.42 Å². The van der Waals surface area contributed by atoms with E-state index >= 15 is 0 Å². The molecule has 1 atom stereocenters. The first-order valence-corrected chi connectivity index (χ1v) is 8.08. The van der Waals surface area contributed by atoms with Crippen LogP contribution in [0.3, 0.4) is 0 Å². The number of piperidine rings is 1. The van der Waals surface area contributed by atoms with Gasteiger partial charge in [-0.3, -0.25) is 0 Å². The molecule has 0 aromatic rings. The summed E-state index contributed by atoms with van der Waals surface area (Å²) in [6, 6.07) is 0.0953. The van der Waals surface area contributed by atoms with Crippen molar-refractivity contribution in [2.75, 3.05) is 39.0 Å². The second-order valence-corrected chi connectivity index (χ2v) is 6.62. The predicted molar refractivity (Wildman–Crippen MR) is 70.6 cm³/mol. The number of rotatable bonds is 7. The summed E-state index contributed by atoms with van der Waals surface area (Å²) in [5.41, 5.74) is 0. The Labute approximate surface area is 105 Å². The lowest BCUT2D eigenvalue weighted by atomic mass is 10.1. The molecule has 0 radical (unpaired) electrons. The van der Waals surface area contributed by atoms with Gasteiger partial charge in [-0.2, -0.15) is 0 Å². The van der Waals surface area contributed by atoms with Crippen molar-refractivity contribution in [2.24, 2.45) is 0 Å². The van der Waals surface area contributed by atoms with E-state index in [2.05, 4.69) is 14.9 Å². The van der Waals surface area contributed by atoms with Gasteiger partial charge >= 0.3 is 0 Å². The fraction of sp³-hybridized carbons (Fsp3) is 1.00. The molecule has 0 amide bonds. The maximum Gasteiger partial charge on any atom is 0.211 e. The van der Waals surface area contributed by atoms with E-state index < -0.39 is 10.0 Å². The van der Waals surface area contributed by atoms with Gasteiger partial charge < -0.3 is 10.2 Å². The zero-order chi connectivity index (χ0) is 12.7. The average molecular weight is 263 g/mol. The van der Waals surface area contributed by atoms with Gasteiger partial charge in [-0.25, -0.2) is 13.1 Å². The lowest BCUT2D eigenvalue weighted by Gasteiger charge is -2.29. The van der Waals surface area contributed by atoms with Crippen molar-refractivity contribution in [3.05, 3.63) is 0 Å². The fourth-order valence-electron chi connectivity index (χ4n) is 2.14. The zero-order valence-electron chi connectivity index (χ0n) is 10.9. The molecule has 0 saturated carbocycles. The number of likely N-dealkylation sites (N-methyl/N-ethyl adjacent to an activating group) is 1. The minimum Gasteiger partial charge on any atom is -0.317 e. The highest BCUT2D eigenvalue weighted by Gasteiger charge is 2.21. The van der Waals surface area contributed by atoms with E-state index in [9.17, 15) is 8.42 Å². The molecule has 1 rings (SSSR count). The van der Waals surface area contributed by atoms with Crippen LogP contribution < -0.4 is 10.0 Å². The van der Waals surface area contributed by atoms with Crippen LogP contribution in [0.1, 0.15) is 26.2 Å². The molecule has 1 aliphatic heterocycles. The highest BCUT2D eigenvalue weighted by atomic mass is 32.2. The summed E-state index contributed by atoms with van der Waals surface area (Å²) in [5, 5.41) is 3.13. The number of likely N-dealkylation sites (tertiary alicyclic amines) is 1. The van der Waals surface area contributed by atoms with Crippen molar-refractivity contribution in [1.82, 2.24) is 14.9 Å². The molecule has 0 aromatic carbocycles. The summed E-state index contributed by atoms with van der Waals surface area (Å²) in [4.78, 5) is 2.18. The first-order chi connectivity index (χ1) is 8.03. The molecule has 6 heteroatoms. The van der Waals surface area contributed by atoms with Crippen LogP contribution in [0, 0.1) is 0 Å². The average Bonchev–Trinajstić information content (AvgIpc) is 2.24. The van der Waals surface area contributed by atoms with E-state index in [1.165, 1.54) is 0 Å². The monoisotopic (exact) mass is 263 g/mol. The molecule has 0 aromatic heterocycles. The first kappa shape index (κ1) is 14.9. The summed E-state index contributed by atoms with van der Waals surface area (Å²) < 4.78 is 26.4. The molecular formula is C11H25N3O2S. The first-order valence-electron chi connectivity index (χ1n) is 6.43. The smallest absolute Gasteiger partial charge is 0.211 e. The van der Waals surface area contributed by atoms with Gasteiger partial charge in [-0.1, -0.05) is 6.92 Å². The molecule has 0 spiro atoms. The lowest BCUT2D eigenvalue weighted by Crippen LogP contribution is -2.46.